The van der Waals surface area contributed by atoms with Crippen LogP contribution in [0.4, 0.5) is 5.69 Å². The van der Waals surface area contributed by atoms with Gasteiger partial charge in [0.05, 0.1) is 11.2 Å². The van der Waals surface area contributed by atoms with Gasteiger partial charge in [-0.05, 0) is 18.2 Å². The van der Waals surface area contributed by atoms with Crippen LogP contribution in [-0.4, -0.2) is 52.3 Å². The molecule has 1 aliphatic rings. The monoisotopic (exact) mass is 322 g/mol. The molecule has 0 radical (unpaired) electrons. The maximum atomic E-state index is 12.8. The molecule has 0 unspecified atom stereocenters. The third kappa shape index (κ3) is 2.46. The van der Waals surface area contributed by atoms with Gasteiger partial charge in [-0.2, -0.15) is 5.10 Å². The van der Waals surface area contributed by atoms with E-state index in [0.717, 1.165) is 16.6 Å². The molecule has 0 atom stereocenters. The molecule has 1 aromatic heterocycles. The topological polar surface area (TPSA) is 72.5 Å². The number of nitrogens with zero attached hydrogens (tertiary/aromatic N) is 3. The van der Waals surface area contributed by atoms with Gasteiger partial charge in [-0.1, -0.05) is 30.3 Å². The van der Waals surface area contributed by atoms with Crippen molar-refractivity contribution >= 4 is 22.5 Å². The maximum Gasteiger partial charge on any atom is 0.275 e. The minimum atomic E-state index is -0.0515. The number of carbonyl (C=O) groups excluding carboxylic acids is 1. The van der Waals surface area contributed by atoms with Crippen LogP contribution in [0.25, 0.3) is 10.9 Å². The number of carbonyl (C=O) groups is 1. The Morgan fingerprint density at radius 3 is 2.50 bits per heavy atom. The van der Waals surface area contributed by atoms with Crippen LogP contribution in [0.2, 0.25) is 0 Å². The largest absolute Gasteiger partial charge is 0.506 e. The van der Waals surface area contributed by atoms with Crippen molar-refractivity contribution in [1.29, 1.82) is 0 Å². The number of aromatic nitrogens is 2. The lowest BCUT2D eigenvalue weighted by atomic mass is 10.1. The summed E-state index contributed by atoms with van der Waals surface area (Å²) in [5.41, 5.74) is 2.16. The summed E-state index contributed by atoms with van der Waals surface area (Å²) in [4.78, 5) is 16.7. The highest BCUT2D eigenvalue weighted by Gasteiger charge is 2.25. The highest BCUT2D eigenvalue weighted by atomic mass is 16.3. The number of phenolic OH excluding ortho intramolecular Hbond substituents is 1. The third-order valence-electron chi connectivity index (χ3n) is 4.46. The first kappa shape index (κ1) is 14.6. The van der Waals surface area contributed by atoms with Crippen LogP contribution >= 0.6 is 0 Å². The maximum absolute atomic E-state index is 12.8. The molecule has 2 N–H and O–H groups in total. The quantitative estimate of drug-likeness (QED) is 0.759. The van der Waals surface area contributed by atoms with Crippen LogP contribution in [-0.2, 0) is 0 Å². The van der Waals surface area contributed by atoms with Crippen molar-refractivity contribution in [3.63, 3.8) is 0 Å². The van der Waals surface area contributed by atoms with Gasteiger partial charge in [0.2, 0.25) is 0 Å². The van der Waals surface area contributed by atoms with E-state index in [1.165, 1.54) is 0 Å². The summed E-state index contributed by atoms with van der Waals surface area (Å²) >= 11 is 0. The van der Waals surface area contributed by atoms with Gasteiger partial charge in [-0.15, -0.1) is 0 Å². The molecule has 0 aliphatic carbocycles. The molecule has 122 valence electrons. The predicted octanol–water partition coefficient (Wildman–Crippen LogP) is 2.23. The van der Waals surface area contributed by atoms with Crippen LogP contribution in [0.3, 0.4) is 0 Å². The number of rotatable bonds is 2. The smallest absolute Gasteiger partial charge is 0.275 e. The van der Waals surface area contributed by atoms with Gasteiger partial charge in [0.1, 0.15) is 5.75 Å². The Bertz CT molecular complexity index is 881. The van der Waals surface area contributed by atoms with E-state index in [1.807, 2.05) is 41.3 Å². The number of hydrogen-bond acceptors (Lipinski definition) is 4. The number of para-hydroxylation sites is 3. The van der Waals surface area contributed by atoms with Crippen LogP contribution in [0.15, 0.2) is 48.5 Å². The van der Waals surface area contributed by atoms with E-state index in [4.69, 9.17) is 0 Å². The van der Waals surface area contributed by atoms with E-state index in [9.17, 15) is 9.90 Å². The van der Waals surface area contributed by atoms with Crippen molar-refractivity contribution in [2.45, 2.75) is 0 Å². The first-order valence-corrected chi connectivity index (χ1v) is 7.99. The van der Waals surface area contributed by atoms with Gasteiger partial charge in [0, 0.05) is 31.6 Å². The lowest BCUT2D eigenvalue weighted by Crippen LogP contribution is -2.49. The van der Waals surface area contributed by atoms with E-state index >= 15 is 0 Å². The highest BCUT2D eigenvalue weighted by molar-refractivity contribution is 6.04. The van der Waals surface area contributed by atoms with Gasteiger partial charge in [-0.3, -0.25) is 9.89 Å². The standard InChI is InChI=1S/C18H18N4O2/c23-16-8-4-3-7-15(16)21-9-11-22(12-10-21)18(24)17-13-5-1-2-6-14(13)19-20-17/h1-8,23H,9-12H2,(H,19,20). The highest BCUT2D eigenvalue weighted by Crippen LogP contribution is 2.27. The zero-order valence-corrected chi connectivity index (χ0v) is 13.1. The van der Waals surface area contributed by atoms with Crippen LogP contribution in [0, 0.1) is 0 Å². The van der Waals surface area contributed by atoms with E-state index in [2.05, 4.69) is 15.1 Å². The molecule has 2 heterocycles. The first-order chi connectivity index (χ1) is 11.7. The molecule has 24 heavy (non-hydrogen) atoms. The normalized spacial score (nSPS) is 15.0. The minimum Gasteiger partial charge on any atom is -0.506 e. The van der Waals surface area contributed by atoms with E-state index in [-0.39, 0.29) is 11.7 Å². The number of fused-ring (bicyclic) bond motifs is 1. The molecule has 2 aromatic carbocycles. The molecule has 0 bridgehead atoms. The average Bonchev–Trinajstić information content (AvgIpc) is 3.06. The number of aromatic hydroxyl groups is 1. The summed E-state index contributed by atoms with van der Waals surface area (Å²) in [5.74, 6) is 0.222. The Balaban J connectivity index is 1.50. The summed E-state index contributed by atoms with van der Waals surface area (Å²) in [6.45, 7) is 2.58. The number of phenols is 1. The number of anilines is 1. The Morgan fingerprint density at radius 1 is 1.00 bits per heavy atom. The Kier molecular flexibility index (Phi) is 3.57. The van der Waals surface area contributed by atoms with Crippen molar-refractivity contribution < 1.29 is 9.90 Å². The summed E-state index contributed by atoms with van der Waals surface area (Å²) in [6.07, 6.45) is 0. The van der Waals surface area contributed by atoms with E-state index < -0.39 is 0 Å². The SMILES string of the molecule is O=C(c1n[nH]c2ccccc12)N1CCN(c2ccccc2O)CC1. The second-order valence-corrected chi connectivity index (χ2v) is 5.89. The van der Waals surface area contributed by atoms with Gasteiger partial charge in [0.25, 0.3) is 5.91 Å². The molecular formula is C18H18N4O2. The fourth-order valence-corrected chi connectivity index (χ4v) is 3.16. The summed E-state index contributed by atoms with van der Waals surface area (Å²) < 4.78 is 0. The number of nitrogens with one attached hydrogen (secondary N) is 1. The van der Waals surface area contributed by atoms with Gasteiger partial charge in [-0.25, -0.2) is 0 Å². The molecule has 6 nitrogen and oxygen atoms in total. The van der Waals surface area contributed by atoms with Crippen LogP contribution in [0.5, 0.6) is 5.75 Å². The lowest BCUT2D eigenvalue weighted by molar-refractivity contribution is 0.0742. The zero-order chi connectivity index (χ0) is 16.5. The molecule has 0 spiro atoms. The van der Waals surface area contributed by atoms with E-state index in [1.54, 1.807) is 12.1 Å². The molecule has 1 saturated heterocycles. The molecule has 1 aliphatic heterocycles. The number of hydrogen-bond donors (Lipinski definition) is 2. The number of aromatic amines is 1. The van der Waals surface area contributed by atoms with Crippen molar-refractivity contribution in [2.24, 2.45) is 0 Å². The third-order valence-corrected chi connectivity index (χ3v) is 4.46. The van der Waals surface area contributed by atoms with Crippen molar-refractivity contribution in [1.82, 2.24) is 15.1 Å². The Morgan fingerprint density at radius 2 is 1.71 bits per heavy atom. The van der Waals surface area contributed by atoms with Crippen molar-refractivity contribution in [3.05, 3.63) is 54.2 Å². The van der Waals surface area contributed by atoms with Crippen LogP contribution in [0.1, 0.15) is 10.5 Å². The predicted molar refractivity (Wildman–Crippen MR) is 92.3 cm³/mol. The number of benzene rings is 2. The van der Waals surface area contributed by atoms with Crippen LogP contribution < -0.4 is 4.90 Å². The Labute approximate surface area is 139 Å². The second-order valence-electron chi connectivity index (χ2n) is 5.89. The summed E-state index contributed by atoms with van der Waals surface area (Å²) in [7, 11) is 0. The van der Waals surface area contributed by atoms with Crippen molar-refractivity contribution in [3.8, 4) is 5.75 Å². The number of piperazine rings is 1. The van der Waals surface area contributed by atoms with Gasteiger partial charge >= 0.3 is 0 Å². The van der Waals surface area contributed by atoms with E-state index in [0.29, 0.717) is 31.9 Å². The van der Waals surface area contributed by atoms with Gasteiger partial charge in [0.15, 0.2) is 5.69 Å². The fourth-order valence-electron chi connectivity index (χ4n) is 3.16. The molecule has 0 saturated carbocycles. The molecule has 3 aromatic rings. The molecule has 1 amide bonds. The fraction of sp³-hybridized carbons (Fsp3) is 0.222. The minimum absolute atomic E-state index is 0.0515. The first-order valence-electron chi connectivity index (χ1n) is 7.99. The lowest BCUT2D eigenvalue weighted by Gasteiger charge is -2.36. The number of H-pyrrole nitrogens is 1. The summed E-state index contributed by atoms with van der Waals surface area (Å²) in [5, 5.41) is 17.9. The molecular weight excluding hydrogens is 304 g/mol. The molecule has 1 fully saturated rings. The molecule has 4 rings (SSSR count). The second kappa shape index (κ2) is 5.88. The number of amides is 1. The van der Waals surface area contributed by atoms with Gasteiger partial charge < -0.3 is 14.9 Å². The zero-order valence-electron chi connectivity index (χ0n) is 13.1. The Hall–Kier alpha value is -3.02. The average molecular weight is 322 g/mol. The van der Waals surface area contributed by atoms with Crippen molar-refractivity contribution in [2.75, 3.05) is 31.1 Å². The summed E-state index contributed by atoms with van der Waals surface area (Å²) in [6, 6.07) is 14.9. The molecule has 6 heteroatoms.